The number of aromatic nitrogens is 4. The van der Waals surface area contributed by atoms with Gasteiger partial charge in [0.15, 0.2) is 0 Å². The largest absolute Gasteiger partial charge is 0.349 e. The van der Waals surface area contributed by atoms with E-state index in [0.717, 1.165) is 40.0 Å². The number of pyridine rings is 2. The minimum atomic E-state index is -0.109. The number of para-hydroxylation sites is 1. The van der Waals surface area contributed by atoms with E-state index in [0.29, 0.717) is 11.3 Å². The van der Waals surface area contributed by atoms with Crippen molar-refractivity contribution in [3.05, 3.63) is 76.7 Å². The zero-order valence-electron chi connectivity index (χ0n) is 18.6. The maximum atomic E-state index is 13.3. The molecule has 0 spiro atoms. The van der Waals surface area contributed by atoms with Crippen molar-refractivity contribution in [1.29, 1.82) is 0 Å². The number of hydrogen-bond acceptors (Lipinski definition) is 4. The SMILES string of the molecule is Cc1nn(C)c(C)c1C[C@@H](C)NC(=O)c1cc(-c2ccccn2)nc2c(C)cccc12. The number of carbonyl (C=O) groups is 1. The number of fused-ring (bicyclic) bond motifs is 1. The number of carbonyl (C=O) groups excluding carboxylic acids is 1. The van der Waals surface area contributed by atoms with Crippen LogP contribution in [0.3, 0.4) is 0 Å². The van der Waals surface area contributed by atoms with Crippen LogP contribution in [0.25, 0.3) is 22.3 Å². The van der Waals surface area contributed by atoms with Gasteiger partial charge < -0.3 is 5.32 Å². The summed E-state index contributed by atoms with van der Waals surface area (Å²) in [6, 6.07) is 13.4. The van der Waals surface area contributed by atoms with Crippen LogP contribution in [-0.4, -0.2) is 31.7 Å². The Morgan fingerprint density at radius 1 is 1.10 bits per heavy atom. The third-order valence-corrected chi connectivity index (χ3v) is 5.76. The quantitative estimate of drug-likeness (QED) is 0.529. The van der Waals surface area contributed by atoms with E-state index in [1.807, 2.05) is 75.0 Å². The van der Waals surface area contributed by atoms with Crippen LogP contribution in [-0.2, 0) is 13.5 Å². The molecule has 6 heteroatoms. The van der Waals surface area contributed by atoms with Gasteiger partial charge in [0.1, 0.15) is 0 Å². The number of nitrogens with one attached hydrogen (secondary N) is 1. The molecule has 0 aliphatic rings. The average molecular weight is 414 g/mol. The van der Waals surface area contributed by atoms with E-state index in [-0.39, 0.29) is 11.9 Å². The molecule has 0 aliphatic carbocycles. The van der Waals surface area contributed by atoms with Crippen molar-refractivity contribution in [3.63, 3.8) is 0 Å². The molecule has 0 radical (unpaired) electrons. The maximum Gasteiger partial charge on any atom is 0.252 e. The van der Waals surface area contributed by atoms with Crippen LogP contribution in [0, 0.1) is 20.8 Å². The van der Waals surface area contributed by atoms with Crippen molar-refractivity contribution >= 4 is 16.8 Å². The average Bonchev–Trinajstić information content (AvgIpc) is 3.00. The minimum absolute atomic E-state index is 0.0413. The molecule has 3 heterocycles. The van der Waals surface area contributed by atoms with Gasteiger partial charge in [-0.1, -0.05) is 24.3 Å². The normalized spacial score (nSPS) is 12.2. The van der Waals surface area contributed by atoms with Gasteiger partial charge in [-0.15, -0.1) is 0 Å². The van der Waals surface area contributed by atoms with Crippen LogP contribution < -0.4 is 5.32 Å². The van der Waals surface area contributed by atoms with Crippen LogP contribution in [0.5, 0.6) is 0 Å². The lowest BCUT2D eigenvalue weighted by Gasteiger charge is -2.16. The summed E-state index contributed by atoms with van der Waals surface area (Å²) in [6.07, 6.45) is 2.46. The summed E-state index contributed by atoms with van der Waals surface area (Å²) in [5, 5.41) is 8.51. The van der Waals surface area contributed by atoms with E-state index in [1.165, 1.54) is 5.56 Å². The molecule has 0 fully saturated rings. The number of amides is 1. The monoisotopic (exact) mass is 413 g/mol. The third-order valence-electron chi connectivity index (χ3n) is 5.76. The second-order valence-corrected chi connectivity index (χ2v) is 8.09. The van der Waals surface area contributed by atoms with Gasteiger partial charge in [-0.2, -0.15) is 5.10 Å². The Bertz CT molecular complexity index is 1260. The van der Waals surface area contributed by atoms with Gasteiger partial charge in [0.2, 0.25) is 0 Å². The minimum Gasteiger partial charge on any atom is -0.349 e. The molecule has 0 aliphatic heterocycles. The van der Waals surface area contributed by atoms with Crippen molar-refractivity contribution in [2.24, 2.45) is 7.05 Å². The van der Waals surface area contributed by atoms with Gasteiger partial charge in [0.25, 0.3) is 5.91 Å². The fourth-order valence-electron chi connectivity index (χ4n) is 4.00. The van der Waals surface area contributed by atoms with Crippen LogP contribution in [0.4, 0.5) is 0 Å². The zero-order valence-corrected chi connectivity index (χ0v) is 18.6. The first kappa shape index (κ1) is 20.7. The van der Waals surface area contributed by atoms with Crippen LogP contribution in [0.2, 0.25) is 0 Å². The highest BCUT2D eigenvalue weighted by atomic mass is 16.1. The Morgan fingerprint density at radius 3 is 2.58 bits per heavy atom. The molecule has 4 rings (SSSR count). The van der Waals surface area contributed by atoms with Gasteiger partial charge in [0, 0.05) is 30.4 Å². The number of aryl methyl sites for hydroxylation is 3. The highest BCUT2D eigenvalue weighted by Gasteiger charge is 2.19. The Morgan fingerprint density at radius 2 is 1.90 bits per heavy atom. The molecule has 158 valence electrons. The maximum absolute atomic E-state index is 13.3. The Hall–Kier alpha value is -3.54. The summed E-state index contributed by atoms with van der Waals surface area (Å²) in [6.45, 7) is 8.10. The first-order valence-corrected chi connectivity index (χ1v) is 10.5. The molecule has 6 nitrogen and oxygen atoms in total. The molecular weight excluding hydrogens is 386 g/mol. The second-order valence-electron chi connectivity index (χ2n) is 8.09. The van der Waals surface area contributed by atoms with Gasteiger partial charge in [0.05, 0.1) is 28.2 Å². The highest BCUT2D eigenvalue weighted by Crippen LogP contribution is 2.26. The fraction of sp³-hybridized carbons (Fsp3) is 0.280. The summed E-state index contributed by atoms with van der Waals surface area (Å²) in [7, 11) is 1.94. The number of rotatable bonds is 5. The lowest BCUT2D eigenvalue weighted by molar-refractivity contribution is 0.0941. The molecule has 4 aromatic rings. The number of hydrogen-bond donors (Lipinski definition) is 1. The van der Waals surface area contributed by atoms with Crippen molar-refractivity contribution in [2.45, 2.75) is 40.2 Å². The predicted octanol–water partition coefficient (Wildman–Crippen LogP) is 4.32. The van der Waals surface area contributed by atoms with Crippen LogP contribution in [0.15, 0.2) is 48.7 Å². The Kier molecular flexibility index (Phi) is 5.55. The van der Waals surface area contributed by atoms with Gasteiger partial charge >= 0.3 is 0 Å². The van der Waals surface area contributed by atoms with Crippen molar-refractivity contribution in [1.82, 2.24) is 25.1 Å². The fourth-order valence-corrected chi connectivity index (χ4v) is 4.00. The molecule has 0 saturated heterocycles. The zero-order chi connectivity index (χ0) is 22.1. The van der Waals surface area contributed by atoms with E-state index in [4.69, 9.17) is 4.98 Å². The number of nitrogens with zero attached hydrogens (tertiary/aromatic N) is 4. The van der Waals surface area contributed by atoms with Crippen LogP contribution >= 0.6 is 0 Å². The van der Waals surface area contributed by atoms with E-state index >= 15 is 0 Å². The molecular formula is C25H27N5O. The lowest BCUT2D eigenvalue weighted by Crippen LogP contribution is -2.34. The first-order valence-electron chi connectivity index (χ1n) is 10.5. The summed E-state index contributed by atoms with van der Waals surface area (Å²) >= 11 is 0. The van der Waals surface area contributed by atoms with E-state index < -0.39 is 0 Å². The Balaban J connectivity index is 1.69. The van der Waals surface area contributed by atoms with E-state index in [9.17, 15) is 4.79 Å². The summed E-state index contributed by atoms with van der Waals surface area (Å²) in [5.41, 5.74) is 7.21. The van der Waals surface area contributed by atoms with E-state index in [1.54, 1.807) is 6.20 Å². The molecule has 31 heavy (non-hydrogen) atoms. The Labute approximate surface area is 182 Å². The van der Waals surface area contributed by atoms with E-state index in [2.05, 4.69) is 22.3 Å². The molecule has 0 unspecified atom stereocenters. The molecule has 1 atom stereocenters. The van der Waals surface area contributed by atoms with Gasteiger partial charge in [-0.05, 0) is 63.4 Å². The molecule has 0 bridgehead atoms. The first-order chi connectivity index (χ1) is 14.8. The van der Waals surface area contributed by atoms with Crippen LogP contribution in [0.1, 0.15) is 39.8 Å². The van der Waals surface area contributed by atoms with Crippen molar-refractivity contribution in [3.8, 4) is 11.4 Å². The van der Waals surface area contributed by atoms with Gasteiger partial charge in [-0.25, -0.2) is 4.98 Å². The van der Waals surface area contributed by atoms with Crippen molar-refractivity contribution in [2.75, 3.05) is 0 Å². The number of benzene rings is 1. The van der Waals surface area contributed by atoms with Crippen molar-refractivity contribution < 1.29 is 4.79 Å². The predicted molar refractivity (Wildman–Crippen MR) is 123 cm³/mol. The molecule has 0 saturated carbocycles. The molecule has 1 aromatic carbocycles. The smallest absolute Gasteiger partial charge is 0.252 e. The summed E-state index contributed by atoms with van der Waals surface area (Å²) < 4.78 is 1.89. The molecule has 1 N–H and O–H groups in total. The highest BCUT2D eigenvalue weighted by molar-refractivity contribution is 6.07. The molecule has 1 amide bonds. The lowest BCUT2D eigenvalue weighted by atomic mass is 10.0. The third kappa shape index (κ3) is 4.06. The summed E-state index contributed by atoms with van der Waals surface area (Å²) in [4.78, 5) is 22.6. The topological polar surface area (TPSA) is 72.7 Å². The second kappa shape index (κ2) is 8.30. The molecule has 3 aromatic heterocycles. The standard InChI is InChI=1S/C25H27N5O/c1-15-9-8-10-19-21(14-23(28-24(15)19)22-11-6-7-12-26-22)25(31)27-16(2)13-20-17(3)29-30(5)18(20)4/h6-12,14,16H,13H2,1-5H3,(H,27,31)/t16-/m1/s1. The summed E-state index contributed by atoms with van der Waals surface area (Å²) in [5.74, 6) is -0.109. The van der Waals surface area contributed by atoms with Gasteiger partial charge in [-0.3, -0.25) is 14.5 Å².